The molecule has 0 unspecified atom stereocenters. The molecule has 1 fully saturated rings. The number of aryl methyl sites for hydroxylation is 1. The van der Waals surface area contributed by atoms with Crippen molar-refractivity contribution in [2.45, 2.75) is 44.9 Å². The lowest BCUT2D eigenvalue weighted by atomic mass is 9.85. The third-order valence-corrected chi connectivity index (χ3v) is 6.45. The van der Waals surface area contributed by atoms with Gasteiger partial charge in [0.15, 0.2) is 0 Å². The first-order valence-electron chi connectivity index (χ1n) is 10.7. The zero-order chi connectivity index (χ0) is 18.9. The minimum atomic E-state index is 0.800. The van der Waals surface area contributed by atoms with Crippen LogP contribution in [0.5, 0.6) is 0 Å². The molecule has 1 heterocycles. The second-order valence-electron chi connectivity index (χ2n) is 8.34. The van der Waals surface area contributed by atoms with E-state index in [-0.39, 0.29) is 0 Å². The minimum absolute atomic E-state index is 0.800. The first-order chi connectivity index (χ1) is 13.8. The normalized spacial score (nSPS) is 15.4. The number of nitrogens with two attached hydrogens (primary N) is 1. The summed E-state index contributed by atoms with van der Waals surface area (Å²) in [7, 11) is 0. The Morgan fingerprint density at radius 3 is 2.36 bits per heavy atom. The summed E-state index contributed by atoms with van der Waals surface area (Å²) in [5.74, 6) is 0.931. The van der Waals surface area contributed by atoms with E-state index in [0.717, 1.165) is 17.3 Å². The highest BCUT2D eigenvalue weighted by Crippen LogP contribution is 2.34. The van der Waals surface area contributed by atoms with Gasteiger partial charge in [-0.05, 0) is 66.8 Å². The Morgan fingerprint density at radius 1 is 0.786 bits per heavy atom. The predicted molar refractivity (Wildman–Crippen MR) is 120 cm³/mol. The molecule has 0 bridgehead atoms. The van der Waals surface area contributed by atoms with Crippen molar-refractivity contribution < 1.29 is 0 Å². The van der Waals surface area contributed by atoms with E-state index >= 15 is 0 Å². The van der Waals surface area contributed by atoms with Gasteiger partial charge in [-0.2, -0.15) is 0 Å². The van der Waals surface area contributed by atoms with E-state index in [4.69, 9.17) is 5.73 Å². The fourth-order valence-corrected chi connectivity index (χ4v) is 4.92. The van der Waals surface area contributed by atoms with Crippen molar-refractivity contribution in [3.8, 4) is 5.69 Å². The molecule has 0 atom stereocenters. The average molecular weight is 369 g/mol. The summed E-state index contributed by atoms with van der Waals surface area (Å²) in [4.78, 5) is 0. The molecule has 5 rings (SSSR count). The molecule has 4 aromatic rings. The van der Waals surface area contributed by atoms with Gasteiger partial charge in [0.05, 0.1) is 11.0 Å². The molecule has 0 radical (unpaired) electrons. The Bertz CT molecular complexity index is 1100. The summed E-state index contributed by atoms with van der Waals surface area (Å²) in [6.07, 6.45) is 9.69. The lowest BCUT2D eigenvalue weighted by Crippen LogP contribution is -2.07. The van der Waals surface area contributed by atoms with Gasteiger partial charge in [0.25, 0.3) is 0 Å². The smallest absolute Gasteiger partial charge is 0.0541 e. The van der Waals surface area contributed by atoms with Gasteiger partial charge >= 0.3 is 0 Å². The SMILES string of the molecule is Nc1ccc(-n2c3ccccc3c3cc(CCC4CCCCC4)ccc32)cc1. The van der Waals surface area contributed by atoms with Crippen LogP contribution in [0.1, 0.15) is 44.1 Å². The first kappa shape index (κ1) is 17.4. The van der Waals surface area contributed by atoms with E-state index in [0.29, 0.717) is 0 Å². The minimum Gasteiger partial charge on any atom is -0.399 e. The molecule has 1 aromatic heterocycles. The molecule has 2 N–H and O–H groups in total. The molecule has 2 nitrogen and oxygen atoms in total. The van der Waals surface area contributed by atoms with E-state index in [1.807, 2.05) is 12.1 Å². The number of nitrogens with zero attached hydrogens (tertiary/aromatic N) is 1. The number of benzene rings is 3. The Kier molecular flexibility index (Phi) is 4.56. The van der Waals surface area contributed by atoms with Gasteiger partial charge in [-0.1, -0.05) is 56.4 Å². The van der Waals surface area contributed by atoms with E-state index in [1.54, 1.807) is 0 Å². The molecule has 0 amide bonds. The van der Waals surface area contributed by atoms with Crippen LogP contribution in [0.15, 0.2) is 66.7 Å². The fraction of sp³-hybridized carbons (Fsp3) is 0.308. The predicted octanol–water partition coefficient (Wildman–Crippen LogP) is 6.88. The van der Waals surface area contributed by atoms with E-state index < -0.39 is 0 Å². The van der Waals surface area contributed by atoms with Gasteiger partial charge in [0.1, 0.15) is 0 Å². The molecular weight excluding hydrogens is 340 g/mol. The maximum absolute atomic E-state index is 5.91. The number of nitrogen functional groups attached to an aromatic ring is 1. The van der Waals surface area contributed by atoms with Gasteiger partial charge in [0.2, 0.25) is 0 Å². The van der Waals surface area contributed by atoms with Crippen LogP contribution in [-0.2, 0) is 6.42 Å². The average Bonchev–Trinajstić information content (AvgIpc) is 3.07. The second-order valence-corrected chi connectivity index (χ2v) is 8.34. The number of hydrogen-bond acceptors (Lipinski definition) is 1. The highest BCUT2D eigenvalue weighted by atomic mass is 15.0. The molecule has 1 saturated carbocycles. The number of para-hydroxylation sites is 1. The highest BCUT2D eigenvalue weighted by Gasteiger charge is 2.15. The van der Waals surface area contributed by atoms with Crippen molar-refractivity contribution in [2.75, 3.05) is 5.73 Å². The molecule has 28 heavy (non-hydrogen) atoms. The molecule has 0 saturated heterocycles. The van der Waals surface area contributed by atoms with Crippen molar-refractivity contribution in [1.82, 2.24) is 4.57 Å². The topological polar surface area (TPSA) is 30.9 Å². The third-order valence-electron chi connectivity index (χ3n) is 6.45. The molecular formula is C26H28N2. The third kappa shape index (κ3) is 3.17. The van der Waals surface area contributed by atoms with Gasteiger partial charge in [0, 0.05) is 22.1 Å². The Balaban J connectivity index is 1.56. The summed E-state index contributed by atoms with van der Waals surface area (Å²) in [6, 6.07) is 24.0. The molecule has 2 heteroatoms. The van der Waals surface area contributed by atoms with Crippen molar-refractivity contribution in [1.29, 1.82) is 0 Å². The fourth-order valence-electron chi connectivity index (χ4n) is 4.92. The maximum Gasteiger partial charge on any atom is 0.0541 e. The Labute approximate surface area is 167 Å². The van der Waals surface area contributed by atoms with E-state index in [2.05, 4.69) is 59.2 Å². The van der Waals surface area contributed by atoms with Gasteiger partial charge in [-0.15, -0.1) is 0 Å². The van der Waals surface area contributed by atoms with E-state index in [1.165, 1.54) is 72.3 Å². The lowest BCUT2D eigenvalue weighted by molar-refractivity contribution is 0.339. The first-order valence-corrected chi connectivity index (χ1v) is 10.7. The standard InChI is InChI=1S/C26H28N2/c27-21-13-15-22(16-14-21)28-25-9-5-4-8-23(25)24-18-20(12-17-26(24)28)11-10-19-6-2-1-3-7-19/h4-5,8-9,12-19H,1-3,6-7,10-11,27H2. The lowest BCUT2D eigenvalue weighted by Gasteiger charge is -2.21. The van der Waals surface area contributed by atoms with Crippen LogP contribution in [-0.4, -0.2) is 4.57 Å². The number of aromatic nitrogens is 1. The largest absolute Gasteiger partial charge is 0.399 e. The van der Waals surface area contributed by atoms with Crippen molar-refractivity contribution in [2.24, 2.45) is 5.92 Å². The summed E-state index contributed by atoms with van der Waals surface area (Å²) in [5.41, 5.74) is 11.9. The molecule has 0 spiro atoms. The number of hydrogen-bond donors (Lipinski definition) is 1. The van der Waals surface area contributed by atoms with Crippen LogP contribution in [0, 0.1) is 5.92 Å². The van der Waals surface area contributed by atoms with Crippen LogP contribution in [0.3, 0.4) is 0 Å². The van der Waals surface area contributed by atoms with Crippen LogP contribution < -0.4 is 5.73 Å². The van der Waals surface area contributed by atoms with Crippen LogP contribution in [0.25, 0.3) is 27.5 Å². The molecule has 0 aliphatic heterocycles. The summed E-state index contributed by atoms with van der Waals surface area (Å²) < 4.78 is 2.36. The summed E-state index contributed by atoms with van der Waals surface area (Å²) in [5, 5.41) is 2.68. The molecule has 1 aliphatic carbocycles. The van der Waals surface area contributed by atoms with Gasteiger partial charge < -0.3 is 10.3 Å². The monoisotopic (exact) mass is 368 g/mol. The van der Waals surface area contributed by atoms with Crippen LogP contribution in [0.4, 0.5) is 5.69 Å². The number of rotatable bonds is 4. The van der Waals surface area contributed by atoms with Crippen molar-refractivity contribution in [3.63, 3.8) is 0 Å². The number of fused-ring (bicyclic) bond motifs is 3. The van der Waals surface area contributed by atoms with Gasteiger partial charge in [-0.3, -0.25) is 0 Å². The quantitative estimate of drug-likeness (QED) is 0.391. The van der Waals surface area contributed by atoms with Crippen molar-refractivity contribution >= 4 is 27.5 Å². The van der Waals surface area contributed by atoms with E-state index in [9.17, 15) is 0 Å². The molecule has 3 aromatic carbocycles. The highest BCUT2D eigenvalue weighted by molar-refractivity contribution is 6.09. The summed E-state index contributed by atoms with van der Waals surface area (Å²) in [6.45, 7) is 0. The Hall–Kier alpha value is -2.74. The summed E-state index contributed by atoms with van der Waals surface area (Å²) >= 11 is 0. The van der Waals surface area contributed by atoms with Gasteiger partial charge in [-0.25, -0.2) is 0 Å². The molecule has 1 aliphatic rings. The maximum atomic E-state index is 5.91. The zero-order valence-corrected chi connectivity index (χ0v) is 16.4. The van der Waals surface area contributed by atoms with Crippen LogP contribution >= 0.6 is 0 Å². The zero-order valence-electron chi connectivity index (χ0n) is 16.4. The second kappa shape index (κ2) is 7.35. The molecule has 142 valence electrons. The van der Waals surface area contributed by atoms with Crippen LogP contribution in [0.2, 0.25) is 0 Å². The Morgan fingerprint density at radius 2 is 1.54 bits per heavy atom. The number of anilines is 1. The van der Waals surface area contributed by atoms with Crippen molar-refractivity contribution in [3.05, 3.63) is 72.3 Å².